The van der Waals surface area contributed by atoms with E-state index >= 15 is 0 Å². The second-order valence-corrected chi connectivity index (χ2v) is 6.66. The zero-order chi connectivity index (χ0) is 21.1. The third kappa shape index (κ3) is 3.65. The fourth-order valence-electron chi connectivity index (χ4n) is 3.40. The van der Waals surface area contributed by atoms with Gasteiger partial charge in [-0.05, 0) is 24.3 Å². The number of amides is 1. The number of hydrogen-bond donors (Lipinski definition) is 0. The molecule has 1 aromatic heterocycles. The van der Waals surface area contributed by atoms with Gasteiger partial charge >= 0.3 is 5.69 Å². The van der Waals surface area contributed by atoms with Gasteiger partial charge in [0.05, 0.1) is 32.4 Å². The summed E-state index contributed by atoms with van der Waals surface area (Å²) in [6, 6.07) is 11.0. The maximum Gasteiger partial charge on any atom is 0.329 e. The Balaban J connectivity index is 1.86. The zero-order valence-electron chi connectivity index (χ0n) is 17.3. The molecule has 0 bridgehead atoms. The van der Waals surface area contributed by atoms with Crippen LogP contribution >= 0.6 is 0 Å². The van der Waals surface area contributed by atoms with E-state index in [1.807, 2.05) is 30.3 Å². The summed E-state index contributed by atoms with van der Waals surface area (Å²) in [6.45, 7) is 0.244. The first-order chi connectivity index (χ1) is 13.9. The molecule has 0 saturated heterocycles. The van der Waals surface area contributed by atoms with E-state index < -0.39 is 0 Å². The van der Waals surface area contributed by atoms with Crippen molar-refractivity contribution >= 4 is 16.9 Å². The normalized spacial score (nSPS) is 10.8. The SMILES string of the molecule is COc1ccc(CN(C)C(=O)Cn2c(=O)n(C)c3ccccc32)c(OC)c1OC. The van der Waals surface area contributed by atoms with Gasteiger partial charge in [-0.25, -0.2) is 4.79 Å². The van der Waals surface area contributed by atoms with Gasteiger partial charge in [0.15, 0.2) is 11.5 Å². The van der Waals surface area contributed by atoms with E-state index in [0.29, 0.717) is 23.8 Å². The van der Waals surface area contributed by atoms with Crippen LogP contribution in [0.5, 0.6) is 17.2 Å². The van der Waals surface area contributed by atoms with Crippen LogP contribution in [0.15, 0.2) is 41.2 Å². The summed E-state index contributed by atoms with van der Waals surface area (Å²) in [7, 11) is 8.01. The van der Waals surface area contributed by atoms with Crippen LogP contribution in [0.3, 0.4) is 0 Å². The van der Waals surface area contributed by atoms with Crippen molar-refractivity contribution in [2.45, 2.75) is 13.1 Å². The van der Waals surface area contributed by atoms with Crippen molar-refractivity contribution in [1.29, 1.82) is 0 Å². The number of nitrogens with zero attached hydrogens (tertiary/aromatic N) is 3. The molecular weight excluding hydrogens is 374 g/mol. The van der Waals surface area contributed by atoms with Gasteiger partial charge in [0, 0.05) is 26.2 Å². The van der Waals surface area contributed by atoms with Crippen LogP contribution in [-0.2, 0) is 24.9 Å². The summed E-state index contributed by atoms with van der Waals surface area (Å²) in [5.41, 5.74) is 2.06. The summed E-state index contributed by atoms with van der Waals surface area (Å²) in [5.74, 6) is 1.33. The molecule has 0 fully saturated rings. The number of aryl methyl sites for hydroxylation is 1. The first kappa shape index (κ1) is 20.3. The Kier molecular flexibility index (Phi) is 5.81. The van der Waals surface area contributed by atoms with Crippen molar-refractivity contribution in [2.24, 2.45) is 7.05 Å². The van der Waals surface area contributed by atoms with E-state index in [-0.39, 0.29) is 18.1 Å². The van der Waals surface area contributed by atoms with E-state index in [1.165, 1.54) is 18.8 Å². The van der Waals surface area contributed by atoms with Gasteiger partial charge < -0.3 is 19.1 Å². The number of carbonyl (C=O) groups excluding carboxylic acids is 1. The van der Waals surface area contributed by atoms with Crippen molar-refractivity contribution in [3.05, 3.63) is 52.4 Å². The van der Waals surface area contributed by atoms with Crippen LogP contribution < -0.4 is 19.9 Å². The molecular formula is C21H25N3O5. The molecule has 0 aliphatic carbocycles. The highest BCUT2D eigenvalue weighted by atomic mass is 16.5. The molecule has 0 spiro atoms. The van der Waals surface area contributed by atoms with Crippen LogP contribution in [0.4, 0.5) is 0 Å². The van der Waals surface area contributed by atoms with E-state index in [1.54, 1.807) is 36.7 Å². The van der Waals surface area contributed by atoms with E-state index in [0.717, 1.165) is 16.6 Å². The second-order valence-electron chi connectivity index (χ2n) is 6.66. The van der Waals surface area contributed by atoms with Crippen LogP contribution in [0, 0.1) is 0 Å². The van der Waals surface area contributed by atoms with Crippen LogP contribution in [0.1, 0.15) is 5.56 Å². The number of likely N-dealkylation sites (N-methyl/N-ethyl adjacent to an activating group) is 1. The lowest BCUT2D eigenvalue weighted by Crippen LogP contribution is -2.34. The minimum absolute atomic E-state index is 0.0493. The fraction of sp³-hybridized carbons (Fsp3) is 0.333. The van der Waals surface area contributed by atoms with Gasteiger partial charge in [-0.15, -0.1) is 0 Å². The van der Waals surface area contributed by atoms with Crippen molar-refractivity contribution < 1.29 is 19.0 Å². The van der Waals surface area contributed by atoms with Crippen molar-refractivity contribution in [3.63, 3.8) is 0 Å². The molecule has 0 aliphatic rings. The second kappa shape index (κ2) is 8.30. The zero-order valence-corrected chi connectivity index (χ0v) is 17.3. The first-order valence-electron chi connectivity index (χ1n) is 9.09. The number of carbonyl (C=O) groups is 1. The van der Waals surface area contributed by atoms with Crippen molar-refractivity contribution in [3.8, 4) is 17.2 Å². The number of ether oxygens (including phenoxy) is 3. The van der Waals surface area contributed by atoms with Crippen LogP contribution in [-0.4, -0.2) is 48.3 Å². The smallest absolute Gasteiger partial charge is 0.329 e. The van der Waals surface area contributed by atoms with Gasteiger partial charge in [0.1, 0.15) is 6.54 Å². The van der Waals surface area contributed by atoms with Crippen LogP contribution in [0.25, 0.3) is 11.0 Å². The summed E-state index contributed by atoms with van der Waals surface area (Å²) in [6.07, 6.45) is 0. The number of imidazole rings is 1. The minimum Gasteiger partial charge on any atom is -0.493 e. The number of hydrogen-bond acceptors (Lipinski definition) is 5. The summed E-state index contributed by atoms with van der Waals surface area (Å²) >= 11 is 0. The molecule has 29 heavy (non-hydrogen) atoms. The molecule has 0 aliphatic heterocycles. The molecule has 1 amide bonds. The molecule has 2 aromatic carbocycles. The third-order valence-corrected chi connectivity index (χ3v) is 4.96. The highest BCUT2D eigenvalue weighted by Gasteiger charge is 2.20. The predicted molar refractivity (Wildman–Crippen MR) is 110 cm³/mol. The Morgan fingerprint density at radius 1 is 0.966 bits per heavy atom. The number of para-hydroxylation sites is 2. The van der Waals surface area contributed by atoms with Crippen LogP contribution in [0.2, 0.25) is 0 Å². The van der Waals surface area contributed by atoms with Gasteiger partial charge in [0.2, 0.25) is 11.7 Å². The summed E-state index contributed by atoms with van der Waals surface area (Å²) < 4.78 is 19.2. The van der Waals surface area contributed by atoms with Crippen molar-refractivity contribution in [1.82, 2.24) is 14.0 Å². The van der Waals surface area contributed by atoms with E-state index in [4.69, 9.17) is 14.2 Å². The van der Waals surface area contributed by atoms with Gasteiger partial charge in [-0.3, -0.25) is 13.9 Å². The molecule has 0 unspecified atom stereocenters. The number of benzene rings is 2. The minimum atomic E-state index is -0.225. The largest absolute Gasteiger partial charge is 0.493 e. The molecule has 154 valence electrons. The monoisotopic (exact) mass is 399 g/mol. The van der Waals surface area contributed by atoms with Crippen molar-refractivity contribution in [2.75, 3.05) is 28.4 Å². The number of aromatic nitrogens is 2. The quantitative estimate of drug-likeness (QED) is 0.608. The molecule has 0 N–H and O–H groups in total. The molecule has 1 heterocycles. The number of fused-ring (bicyclic) bond motifs is 1. The maximum atomic E-state index is 12.9. The fourth-order valence-corrected chi connectivity index (χ4v) is 3.40. The first-order valence-corrected chi connectivity index (χ1v) is 9.09. The molecule has 8 nitrogen and oxygen atoms in total. The van der Waals surface area contributed by atoms with Gasteiger partial charge in [-0.2, -0.15) is 0 Å². The Labute approximate surface area is 168 Å². The number of rotatable bonds is 7. The maximum absolute atomic E-state index is 12.9. The Bertz CT molecular complexity index is 1100. The third-order valence-electron chi connectivity index (χ3n) is 4.96. The Morgan fingerprint density at radius 2 is 1.62 bits per heavy atom. The van der Waals surface area contributed by atoms with Gasteiger partial charge in [-0.1, -0.05) is 12.1 Å². The van der Waals surface area contributed by atoms with E-state index in [9.17, 15) is 9.59 Å². The average molecular weight is 399 g/mol. The van der Waals surface area contributed by atoms with Gasteiger partial charge in [0.25, 0.3) is 0 Å². The Hall–Kier alpha value is -3.42. The van der Waals surface area contributed by atoms with E-state index in [2.05, 4.69) is 0 Å². The highest BCUT2D eigenvalue weighted by Crippen LogP contribution is 2.40. The predicted octanol–water partition coefficient (Wildman–Crippen LogP) is 2.02. The highest BCUT2D eigenvalue weighted by molar-refractivity contribution is 5.81. The summed E-state index contributed by atoms with van der Waals surface area (Å²) in [4.78, 5) is 27.0. The lowest BCUT2D eigenvalue weighted by molar-refractivity contribution is -0.131. The molecule has 8 heteroatoms. The molecule has 3 aromatic rings. The average Bonchev–Trinajstić information content (AvgIpc) is 2.98. The summed E-state index contributed by atoms with van der Waals surface area (Å²) in [5, 5.41) is 0. The Morgan fingerprint density at radius 3 is 2.24 bits per heavy atom. The topological polar surface area (TPSA) is 74.9 Å². The molecule has 0 saturated carbocycles. The standard InChI is InChI=1S/C21H25N3O5/c1-22(12-14-10-11-17(27-3)20(29-5)19(14)28-4)18(25)13-24-16-9-7-6-8-15(16)23(2)21(24)26/h6-11H,12-13H2,1-5H3. The molecule has 3 rings (SSSR count). The molecule has 0 radical (unpaired) electrons. The number of methoxy groups -OCH3 is 3. The lowest BCUT2D eigenvalue weighted by atomic mass is 10.1. The molecule has 0 atom stereocenters. The lowest BCUT2D eigenvalue weighted by Gasteiger charge is -2.21.